The number of nitrogens with one attached hydrogen (secondary N) is 1. The first-order valence-electron chi connectivity index (χ1n) is 6.61. The molecule has 1 aromatic carbocycles. The number of Topliss-reactive ketones (excluding diaryl/α,β-unsaturated/α-hetero) is 1. The number of carbonyl (C=O) groups excluding carboxylic acids is 2. The van der Waals surface area contributed by atoms with Crippen LogP contribution < -0.4 is 0 Å². The fourth-order valence-corrected chi connectivity index (χ4v) is 2.94. The van der Waals surface area contributed by atoms with Gasteiger partial charge in [0, 0.05) is 6.20 Å². The van der Waals surface area contributed by atoms with Crippen molar-refractivity contribution in [2.24, 2.45) is 0 Å². The van der Waals surface area contributed by atoms with Gasteiger partial charge in [0.05, 0.1) is 21.9 Å². The number of ether oxygens (including phenoxy) is 1. The zero-order chi connectivity index (χ0) is 16.2. The van der Waals surface area contributed by atoms with Crippen molar-refractivity contribution in [3.8, 4) is 0 Å². The summed E-state index contributed by atoms with van der Waals surface area (Å²) in [4.78, 5) is 26.4. The van der Waals surface area contributed by atoms with Crippen LogP contribution >= 0.6 is 0 Å². The third-order valence-electron chi connectivity index (χ3n) is 3.05. The molecule has 0 saturated heterocycles. The lowest BCUT2D eigenvalue weighted by Gasteiger charge is -2.08. The molecular weight excluding hydrogens is 306 g/mol. The minimum atomic E-state index is -3.55. The molecule has 0 fully saturated rings. The maximum atomic E-state index is 12.1. The predicted octanol–water partition coefficient (Wildman–Crippen LogP) is 1.85. The van der Waals surface area contributed by atoms with E-state index >= 15 is 0 Å². The first kappa shape index (κ1) is 16.0. The van der Waals surface area contributed by atoms with Gasteiger partial charge in [0.15, 0.2) is 16.4 Å². The van der Waals surface area contributed by atoms with E-state index < -0.39 is 28.2 Å². The van der Waals surface area contributed by atoms with Gasteiger partial charge in [-0.2, -0.15) is 0 Å². The number of benzene rings is 1. The molecule has 0 unspecified atom stereocenters. The van der Waals surface area contributed by atoms with E-state index in [1.165, 1.54) is 31.2 Å². The van der Waals surface area contributed by atoms with Crippen molar-refractivity contribution < 1.29 is 22.7 Å². The van der Waals surface area contributed by atoms with Gasteiger partial charge in [-0.25, -0.2) is 13.2 Å². The highest BCUT2D eigenvalue weighted by Gasteiger charge is 2.22. The van der Waals surface area contributed by atoms with E-state index in [0.29, 0.717) is 5.69 Å². The number of aromatic nitrogens is 1. The Labute approximate surface area is 128 Å². The number of rotatable bonds is 6. The van der Waals surface area contributed by atoms with Crippen molar-refractivity contribution in [2.75, 3.05) is 12.4 Å². The molecule has 22 heavy (non-hydrogen) atoms. The topological polar surface area (TPSA) is 93.3 Å². The van der Waals surface area contributed by atoms with Gasteiger partial charge in [0.25, 0.3) is 0 Å². The number of esters is 1. The van der Waals surface area contributed by atoms with E-state index in [1.54, 1.807) is 18.3 Å². The maximum absolute atomic E-state index is 12.1. The number of hydrogen-bond acceptors (Lipinski definition) is 5. The molecule has 0 radical (unpaired) electrons. The summed E-state index contributed by atoms with van der Waals surface area (Å²) in [5.74, 6) is -1.36. The zero-order valence-electron chi connectivity index (χ0n) is 11.9. The molecule has 1 aromatic heterocycles. The summed E-state index contributed by atoms with van der Waals surface area (Å²) < 4.78 is 28.9. The Bertz CT molecular complexity index is 778. The second-order valence-corrected chi connectivity index (χ2v) is 6.73. The highest BCUT2D eigenvalue weighted by molar-refractivity contribution is 7.91. The van der Waals surface area contributed by atoms with Gasteiger partial charge in [-0.1, -0.05) is 19.1 Å². The number of hydrogen-bond donors (Lipinski definition) is 1. The van der Waals surface area contributed by atoms with Crippen LogP contribution in [0.1, 0.15) is 27.8 Å². The highest BCUT2D eigenvalue weighted by atomic mass is 32.2. The summed E-state index contributed by atoms with van der Waals surface area (Å²) in [7, 11) is -3.55. The predicted molar refractivity (Wildman–Crippen MR) is 79.6 cm³/mol. The van der Waals surface area contributed by atoms with E-state index in [2.05, 4.69) is 4.98 Å². The minimum Gasteiger partial charge on any atom is -0.454 e. The second-order valence-electron chi connectivity index (χ2n) is 4.48. The normalized spacial score (nSPS) is 11.1. The van der Waals surface area contributed by atoms with Crippen molar-refractivity contribution in [1.82, 2.24) is 4.98 Å². The Kier molecular flexibility index (Phi) is 4.77. The summed E-state index contributed by atoms with van der Waals surface area (Å²) in [6.07, 6.45) is 1.58. The third-order valence-corrected chi connectivity index (χ3v) is 4.84. The SMILES string of the molecule is CCS(=O)(=O)c1ccccc1C(=O)OCC(=O)c1ccc[nH]1. The first-order chi connectivity index (χ1) is 10.5. The first-order valence-corrected chi connectivity index (χ1v) is 8.26. The van der Waals surface area contributed by atoms with Crippen LogP contribution in [0.5, 0.6) is 0 Å². The van der Waals surface area contributed by atoms with Crippen molar-refractivity contribution in [2.45, 2.75) is 11.8 Å². The zero-order valence-corrected chi connectivity index (χ0v) is 12.7. The quantitative estimate of drug-likeness (QED) is 0.647. The van der Waals surface area contributed by atoms with Gasteiger partial charge < -0.3 is 9.72 Å². The van der Waals surface area contributed by atoms with Crippen LogP contribution in [-0.2, 0) is 14.6 Å². The molecule has 0 spiro atoms. The van der Waals surface area contributed by atoms with Crippen LogP contribution in [0.25, 0.3) is 0 Å². The lowest BCUT2D eigenvalue weighted by atomic mass is 10.2. The third kappa shape index (κ3) is 3.43. The standard InChI is InChI=1S/C15H15NO5S/c1-2-22(19,20)14-8-4-3-6-11(14)15(18)21-10-13(17)12-7-5-9-16-12/h3-9,16H,2,10H2,1H3. The van der Waals surface area contributed by atoms with Crippen LogP contribution in [-0.4, -0.2) is 37.5 Å². The summed E-state index contributed by atoms with van der Waals surface area (Å²) in [6.45, 7) is 1.03. The monoisotopic (exact) mass is 321 g/mol. The van der Waals surface area contributed by atoms with E-state index in [1.807, 2.05) is 0 Å². The van der Waals surface area contributed by atoms with E-state index in [-0.39, 0.29) is 16.2 Å². The van der Waals surface area contributed by atoms with E-state index in [4.69, 9.17) is 4.74 Å². The number of sulfone groups is 1. The fraction of sp³-hybridized carbons (Fsp3) is 0.200. The van der Waals surface area contributed by atoms with Crippen LogP contribution in [0.3, 0.4) is 0 Å². The Morgan fingerprint density at radius 1 is 1.14 bits per heavy atom. The molecule has 0 atom stereocenters. The molecule has 116 valence electrons. The minimum absolute atomic E-state index is 0.0661. The average molecular weight is 321 g/mol. The molecule has 2 rings (SSSR count). The summed E-state index contributed by atoms with van der Waals surface area (Å²) in [6, 6.07) is 9.00. The van der Waals surface area contributed by atoms with Crippen LogP contribution in [0.4, 0.5) is 0 Å². The van der Waals surface area contributed by atoms with Gasteiger partial charge in [0.2, 0.25) is 5.78 Å². The second kappa shape index (κ2) is 6.57. The van der Waals surface area contributed by atoms with Crippen LogP contribution in [0.2, 0.25) is 0 Å². The lowest BCUT2D eigenvalue weighted by Crippen LogP contribution is -2.17. The Hall–Kier alpha value is -2.41. The number of aromatic amines is 1. The molecule has 2 aromatic rings. The molecule has 1 N–H and O–H groups in total. The smallest absolute Gasteiger partial charge is 0.339 e. The molecule has 0 aliphatic heterocycles. The Balaban J connectivity index is 2.16. The van der Waals surface area contributed by atoms with E-state index in [0.717, 1.165) is 0 Å². The molecular formula is C15H15NO5S. The molecule has 6 nitrogen and oxygen atoms in total. The number of H-pyrrole nitrogens is 1. The van der Waals surface area contributed by atoms with Gasteiger partial charge in [-0.05, 0) is 24.3 Å². The van der Waals surface area contributed by atoms with E-state index in [9.17, 15) is 18.0 Å². The maximum Gasteiger partial charge on any atom is 0.339 e. The highest BCUT2D eigenvalue weighted by Crippen LogP contribution is 2.18. The average Bonchev–Trinajstić information content (AvgIpc) is 3.06. The van der Waals surface area contributed by atoms with Gasteiger partial charge in [-0.15, -0.1) is 0 Å². The van der Waals surface area contributed by atoms with Crippen molar-refractivity contribution in [3.05, 3.63) is 53.9 Å². The summed E-state index contributed by atoms with van der Waals surface area (Å²) in [5.41, 5.74) is 0.255. The fourth-order valence-electron chi connectivity index (χ4n) is 1.85. The van der Waals surface area contributed by atoms with Gasteiger partial charge in [-0.3, -0.25) is 4.79 Å². The molecule has 0 saturated carbocycles. The Morgan fingerprint density at radius 2 is 1.86 bits per heavy atom. The number of carbonyl (C=O) groups is 2. The Morgan fingerprint density at radius 3 is 2.50 bits per heavy atom. The number of ketones is 1. The largest absolute Gasteiger partial charge is 0.454 e. The van der Waals surface area contributed by atoms with Gasteiger partial charge in [0.1, 0.15) is 0 Å². The molecule has 0 aliphatic rings. The van der Waals surface area contributed by atoms with Crippen molar-refractivity contribution in [1.29, 1.82) is 0 Å². The van der Waals surface area contributed by atoms with Gasteiger partial charge >= 0.3 is 5.97 Å². The molecule has 0 aliphatic carbocycles. The molecule has 1 heterocycles. The van der Waals surface area contributed by atoms with Crippen molar-refractivity contribution in [3.63, 3.8) is 0 Å². The lowest BCUT2D eigenvalue weighted by molar-refractivity contribution is 0.0470. The summed E-state index contributed by atoms with van der Waals surface area (Å²) in [5, 5.41) is 0. The van der Waals surface area contributed by atoms with Crippen LogP contribution in [0, 0.1) is 0 Å². The molecule has 7 heteroatoms. The molecule has 0 bridgehead atoms. The van der Waals surface area contributed by atoms with Crippen LogP contribution in [0.15, 0.2) is 47.5 Å². The molecule has 0 amide bonds. The van der Waals surface area contributed by atoms with Crippen molar-refractivity contribution >= 4 is 21.6 Å². The summed E-state index contributed by atoms with van der Waals surface area (Å²) >= 11 is 0.